The maximum absolute atomic E-state index is 5.87. The fraction of sp³-hybridized carbons (Fsp3) is 0.105. The van der Waals surface area contributed by atoms with Gasteiger partial charge in [0.1, 0.15) is 30.2 Å². The molecule has 2 aromatic heterocycles. The van der Waals surface area contributed by atoms with Crippen molar-refractivity contribution in [1.82, 2.24) is 25.0 Å². The van der Waals surface area contributed by atoms with Gasteiger partial charge < -0.3 is 9.47 Å². The first-order valence-electron chi connectivity index (χ1n) is 8.11. The maximum Gasteiger partial charge on any atom is 0.164 e. The van der Waals surface area contributed by atoms with Crippen LogP contribution in [0.5, 0.6) is 17.2 Å². The van der Waals surface area contributed by atoms with Crippen LogP contribution in [0.2, 0.25) is 0 Å². The molecule has 26 heavy (non-hydrogen) atoms. The quantitative estimate of drug-likeness (QED) is 0.577. The van der Waals surface area contributed by atoms with E-state index >= 15 is 0 Å². The summed E-state index contributed by atoms with van der Waals surface area (Å²) in [5.74, 6) is 3.02. The molecule has 0 aliphatic rings. The number of benzene rings is 2. The van der Waals surface area contributed by atoms with Crippen molar-refractivity contribution in [2.45, 2.75) is 6.61 Å². The van der Waals surface area contributed by atoms with Crippen molar-refractivity contribution in [1.29, 1.82) is 0 Å². The predicted octanol–water partition coefficient (Wildman–Crippen LogP) is 3.58. The van der Waals surface area contributed by atoms with E-state index < -0.39 is 0 Å². The minimum atomic E-state index is 0.367. The normalized spacial score (nSPS) is 10.7. The number of aryl methyl sites for hydroxylation is 1. The Labute approximate surface area is 150 Å². The number of ether oxygens (including phenoxy) is 2. The highest BCUT2D eigenvalue weighted by atomic mass is 16.5. The first kappa shape index (κ1) is 15.9. The van der Waals surface area contributed by atoms with Crippen LogP contribution in [-0.2, 0) is 13.7 Å². The Balaban J connectivity index is 1.37. The molecule has 0 saturated carbocycles. The van der Waals surface area contributed by atoms with E-state index in [0.29, 0.717) is 6.61 Å². The van der Waals surface area contributed by atoms with Crippen molar-refractivity contribution in [3.05, 3.63) is 72.9 Å². The Morgan fingerprint density at radius 3 is 2.23 bits per heavy atom. The lowest BCUT2D eigenvalue weighted by Gasteiger charge is -2.09. The molecule has 2 aromatic carbocycles. The first-order valence-corrected chi connectivity index (χ1v) is 8.11. The summed E-state index contributed by atoms with van der Waals surface area (Å²) in [5, 5.41) is 10.9. The highest BCUT2D eigenvalue weighted by Crippen LogP contribution is 2.26. The largest absolute Gasteiger partial charge is 0.486 e. The molecule has 7 nitrogen and oxygen atoms in total. The van der Waals surface area contributed by atoms with Crippen LogP contribution in [0.3, 0.4) is 0 Å². The van der Waals surface area contributed by atoms with Gasteiger partial charge in [-0.1, -0.05) is 0 Å². The van der Waals surface area contributed by atoms with Gasteiger partial charge in [0.15, 0.2) is 5.82 Å². The Hall–Kier alpha value is -3.61. The summed E-state index contributed by atoms with van der Waals surface area (Å²) in [6, 6.07) is 17.2. The molecule has 0 unspecified atom stereocenters. The molecular weight excluding hydrogens is 330 g/mol. The van der Waals surface area contributed by atoms with Crippen LogP contribution >= 0.6 is 0 Å². The molecule has 4 rings (SSSR count). The monoisotopic (exact) mass is 347 g/mol. The van der Waals surface area contributed by atoms with Crippen LogP contribution in [0.4, 0.5) is 0 Å². The van der Waals surface area contributed by atoms with Gasteiger partial charge in [0.2, 0.25) is 0 Å². The third-order valence-electron chi connectivity index (χ3n) is 3.90. The summed E-state index contributed by atoms with van der Waals surface area (Å²) in [4.78, 5) is 4.13. The second kappa shape index (κ2) is 7.10. The predicted molar refractivity (Wildman–Crippen MR) is 95.9 cm³/mol. The number of aromatic amines is 1. The van der Waals surface area contributed by atoms with Crippen LogP contribution < -0.4 is 9.47 Å². The third kappa shape index (κ3) is 3.56. The van der Waals surface area contributed by atoms with Gasteiger partial charge in [0.25, 0.3) is 0 Å². The van der Waals surface area contributed by atoms with Gasteiger partial charge in [0.05, 0.1) is 5.69 Å². The molecule has 0 spiro atoms. The van der Waals surface area contributed by atoms with Crippen molar-refractivity contribution in [3.8, 4) is 28.5 Å². The lowest BCUT2D eigenvalue weighted by atomic mass is 10.1. The Morgan fingerprint density at radius 1 is 0.923 bits per heavy atom. The summed E-state index contributed by atoms with van der Waals surface area (Å²) in [6.45, 7) is 0.367. The van der Waals surface area contributed by atoms with Crippen LogP contribution in [-0.4, -0.2) is 25.0 Å². The number of hydrogen-bond acceptors (Lipinski definition) is 5. The molecule has 0 bridgehead atoms. The van der Waals surface area contributed by atoms with Gasteiger partial charge in [-0.05, 0) is 60.2 Å². The fourth-order valence-corrected chi connectivity index (χ4v) is 2.46. The first-order chi connectivity index (χ1) is 12.8. The summed E-state index contributed by atoms with van der Waals surface area (Å²) in [6.07, 6.45) is 3.24. The molecule has 0 aliphatic heterocycles. The van der Waals surface area contributed by atoms with Crippen molar-refractivity contribution in [2.24, 2.45) is 7.05 Å². The second-order valence-corrected chi connectivity index (χ2v) is 5.66. The molecule has 0 fully saturated rings. The standard InChI is InChI=1S/C19H17N5O2/c1-24-19(20-13-22-24)12-25-15-6-8-17(9-7-15)26-16-4-2-14(3-5-16)18-10-11-21-23-18/h2-11,13H,12H2,1H3,(H,21,23). The Morgan fingerprint density at radius 2 is 1.62 bits per heavy atom. The number of nitrogens with one attached hydrogen (secondary N) is 1. The van der Waals surface area contributed by atoms with E-state index in [1.165, 1.54) is 6.33 Å². The molecule has 7 heteroatoms. The molecular formula is C19H17N5O2. The molecule has 0 radical (unpaired) electrons. The van der Waals surface area contributed by atoms with Crippen molar-refractivity contribution < 1.29 is 9.47 Å². The zero-order valence-electron chi connectivity index (χ0n) is 14.2. The van der Waals surface area contributed by atoms with E-state index in [-0.39, 0.29) is 0 Å². The Kier molecular flexibility index (Phi) is 4.34. The second-order valence-electron chi connectivity index (χ2n) is 5.66. The zero-order valence-corrected chi connectivity index (χ0v) is 14.2. The minimum absolute atomic E-state index is 0.367. The number of rotatable bonds is 6. The minimum Gasteiger partial charge on any atom is -0.486 e. The molecule has 2 heterocycles. The summed E-state index contributed by atoms with van der Waals surface area (Å²) < 4.78 is 13.3. The fourth-order valence-electron chi connectivity index (χ4n) is 2.46. The van der Waals surface area contributed by atoms with Crippen molar-refractivity contribution in [2.75, 3.05) is 0 Å². The van der Waals surface area contributed by atoms with E-state index in [1.807, 2.05) is 61.6 Å². The van der Waals surface area contributed by atoms with Crippen LogP contribution in [0.15, 0.2) is 67.1 Å². The molecule has 1 N–H and O–H groups in total. The number of aromatic nitrogens is 5. The van der Waals surface area contributed by atoms with Crippen LogP contribution in [0.1, 0.15) is 5.82 Å². The topological polar surface area (TPSA) is 77.8 Å². The third-order valence-corrected chi connectivity index (χ3v) is 3.90. The van der Waals surface area contributed by atoms with E-state index in [1.54, 1.807) is 10.9 Å². The molecule has 0 aliphatic carbocycles. The lowest BCUT2D eigenvalue weighted by Crippen LogP contribution is -2.04. The van der Waals surface area contributed by atoms with Gasteiger partial charge in [0, 0.05) is 13.2 Å². The Bertz CT molecular complexity index is 960. The number of H-pyrrole nitrogens is 1. The van der Waals surface area contributed by atoms with E-state index in [9.17, 15) is 0 Å². The van der Waals surface area contributed by atoms with Gasteiger partial charge in [-0.2, -0.15) is 10.2 Å². The highest BCUT2D eigenvalue weighted by Gasteiger charge is 2.04. The average Bonchev–Trinajstić information content (AvgIpc) is 3.34. The molecule has 130 valence electrons. The van der Waals surface area contributed by atoms with Gasteiger partial charge in [-0.3, -0.25) is 9.78 Å². The highest BCUT2D eigenvalue weighted by molar-refractivity contribution is 5.59. The van der Waals surface area contributed by atoms with E-state index in [4.69, 9.17) is 9.47 Å². The van der Waals surface area contributed by atoms with Crippen LogP contribution in [0, 0.1) is 0 Å². The molecule has 0 amide bonds. The van der Waals surface area contributed by atoms with E-state index in [0.717, 1.165) is 34.3 Å². The smallest absolute Gasteiger partial charge is 0.164 e. The average molecular weight is 347 g/mol. The summed E-state index contributed by atoms with van der Waals surface area (Å²) >= 11 is 0. The number of hydrogen-bond donors (Lipinski definition) is 1. The van der Waals surface area contributed by atoms with Gasteiger partial charge in [-0.25, -0.2) is 4.98 Å². The molecule has 0 saturated heterocycles. The van der Waals surface area contributed by atoms with Crippen LogP contribution in [0.25, 0.3) is 11.3 Å². The van der Waals surface area contributed by atoms with Gasteiger partial charge in [-0.15, -0.1) is 0 Å². The lowest BCUT2D eigenvalue weighted by molar-refractivity contribution is 0.289. The summed E-state index contributed by atoms with van der Waals surface area (Å²) in [5.41, 5.74) is 2.03. The zero-order chi connectivity index (χ0) is 17.8. The van der Waals surface area contributed by atoms with E-state index in [2.05, 4.69) is 20.3 Å². The summed E-state index contributed by atoms with van der Waals surface area (Å²) in [7, 11) is 1.83. The van der Waals surface area contributed by atoms with Crippen molar-refractivity contribution in [3.63, 3.8) is 0 Å². The molecule has 0 atom stereocenters. The van der Waals surface area contributed by atoms with Gasteiger partial charge >= 0.3 is 0 Å². The van der Waals surface area contributed by atoms with Crippen molar-refractivity contribution >= 4 is 0 Å². The maximum atomic E-state index is 5.87. The number of nitrogens with zero attached hydrogens (tertiary/aromatic N) is 4. The molecule has 4 aromatic rings. The SMILES string of the molecule is Cn1ncnc1COc1ccc(Oc2ccc(-c3ccn[nH]3)cc2)cc1.